The third-order valence-corrected chi connectivity index (χ3v) is 3.63. The van der Waals surface area contributed by atoms with Crippen LogP contribution in [0.3, 0.4) is 0 Å². The first-order valence-electron chi connectivity index (χ1n) is 6.77. The maximum absolute atomic E-state index is 12.3. The van der Waals surface area contributed by atoms with Gasteiger partial charge < -0.3 is 14.9 Å². The van der Waals surface area contributed by atoms with Crippen LogP contribution in [-0.2, 0) is 4.79 Å². The molecule has 1 saturated heterocycles. The van der Waals surface area contributed by atoms with Crippen molar-refractivity contribution in [3.8, 4) is 0 Å². The molecule has 0 radical (unpaired) electrons. The number of carbonyl (C=O) groups is 2. The molecule has 0 aromatic rings. The second-order valence-corrected chi connectivity index (χ2v) is 5.04. The number of nitrogens with zero attached hydrogens (tertiary/aromatic N) is 2. The van der Waals surface area contributed by atoms with Gasteiger partial charge in [0.1, 0.15) is 0 Å². The SMILES string of the molecule is CCCCN(CC)C(=O)N1C[C@@H](C)[C@H](C(=O)O)C1. The standard InChI is InChI=1S/C13H24N2O3/c1-4-6-7-14(5-2)13(18)15-8-10(3)11(9-15)12(16)17/h10-11H,4-9H2,1-3H3,(H,16,17)/t10-,11-/m1/s1. The van der Waals surface area contributed by atoms with Gasteiger partial charge in [-0.3, -0.25) is 4.79 Å². The van der Waals surface area contributed by atoms with Crippen LogP contribution in [0.1, 0.15) is 33.6 Å². The van der Waals surface area contributed by atoms with Gasteiger partial charge in [-0.2, -0.15) is 0 Å². The number of amides is 2. The van der Waals surface area contributed by atoms with Gasteiger partial charge in [-0.1, -0.05) is 20.3 Å². The molecule has 18 heavy (non-hydrogen) atoms. The van der Waals surface area contributed by atoms with Gasteiger partial charge in [0, 0.05) is 26.2 Å². The van der Waals surface area contributed by atoms with Gasteiger partial charge >= 0.3 is 12.0 Å². The van der Waals surface area contributed by atoms with Crippen molar-refractivity contribution in [1.82, 2.24) is 9.80 Å². The highest BCUT2D eigenvalue weighted by atomic mass is 16.4. The zero-order chi connectivity index (χ0) is 13.7. The Balaban J connectivity index is 2.59. The molecule has 1 aliphatic rings. The van der Waals surface area contributed by atoms with Crippen LogP contribution in [0.2, 0.25) is 0 Å². The van der Waals surface area contributed by atoms with Crippen LogP contribution in [0.25, 0.3) is 0 Å². The zero-order valence-corrected chi connectivity index (χ0v) is 11.6. The summed E-state index contributed by atoms with van der Waals surface area (Å²) in [6.07, 6.45) is 2.04. The lowest BCUT2D eigenvalue weighted by atomic mass is 9.99. The molecule has 0 aromatic carbocycles. The molecule has 0 unspecified atom stereocenters. The van der Waals surface area contributed by atoms with Crippen LogP contribution in [0.5, 0.6) is 0 Å². The minimum Gasteiger partial charge on any atom is -0.481 e. The number of rotatable bonds is 5. The Morgan fingerprint density at radius 2 is 2.00 bits per heavy atom. The van der Waals surface area contributed by atoms with Crippen molar-refractivity contribution in [2.45, 2.75) is 33.6 Å². The molecule has 2 atom stereocenters. The average molecular weight is 256 g/mol. The predicted molar refractivity (Wildman–Crippen MR) is 69.4 cm³/mol. The van der Waals surface area contributed by atoms with Gasteiger partial charge in [-0.15, -0.1) is 0 Å². The molecule has 1 fully saturated rings. The van der Waals surface area contributed by atoms with Crippen LogP contribution in [-0.4, -0.2) is 53.1 Å². The second-order valence-electron chi connectivity index (χ2n) is 5.04. The van der Waals surface area contributed by atoms with Crippen molar-refractivity contribution in [3.05, 3.63) is 0 Å². The summed E-state index contributed by atoms with van der Waals surface area (Å²) in [5, 5.41) is 9.07. The summed E-state index contributed by atoms with van der Waals surface area (Å²) in [5.41, 5.74) is 0. The molecular weight excluding hydrogens is 232 g/mol. The van der Waals surface area contributed by atoms with Crippen molar-refractivity contribution in [1.29, 1.82) is 0 Å². The van der Waals surface area contributed by atoms with E-state index in [1.165, 1.54) is 0 Å². The molecule has 1 rings (SSSR count). The van der Waals surface area contributed by atoms with Crippen molar-refractivity contribution in [2.24, 2.45) is 11.8 Å². The van der Waals surface area contributed by atoms with E-state index in [0.29, 0.717) is 19.6 Å². The smallest absolute Gasteiger partial charge is 0.320 e. The van der Waals surface area contributed by atoms with E-state index in [-0.39, 0.29) is 11.9 Å². The fraction of sp³-hybridized carbons (Fsp3) is 0.846. The summed E-state index contributed by atoms with van der Waals surface area (Å²) >= 11 is 0. The predicted octanol–water partition coefficient (Wildman–Crippen LogP) is 1.88. The minimum atomic E-state index is -0.797. The Morgan fingerprint density at radius 1 is 1.33 bits per heavy atom. The van der Waals surface area contributed by atoms with Gasteiger partial charge in [0.25, 0.3) is 0 Å². The highest BCUT2D eigenvalue weighted by molar-refractivity contribution is 5.77. The Hall–Kier alpha value is -1.26. The number of aliphatic carboxylic acids is 1. The second kappa shape index (κ2) is 6.61. The largest absolute Gasteiger partial charge is 0.481 e. The molecule has 104 valence electrons. The molecule has 1 aliphatic heterocycles. The molecule has 0 bridgehead atoms. The van der Waals surface area contributed by atoms with E-state index in [1.54, 1.807) is 9.80 Å². The minimum absolute atomic E-state index is 0.0125. The summed E-state index contributed by atoms with van der Waals surface area (Å²) in [4.78, 5) is 26.8. The zero-order valence-electron chi connectivity index (χ0n) is 11.6. The number of carboxylic acids is 1. The number of urea groups is 1. The van der Waals surface area contributed by atoms with Crippen LogP contribution in [0.15, 0.2) is 0 Å². The first kappa shape index (κ1) is 14.8. The van der Waals surface area contributed by atoms with E-state index in [0.717, 1.165) is 19.4 Å². The quantitative estimate of drug-likeness (QED) is 0.817. The number of likely N-dealkylation sites (tertiary alicyclic amines) is 1. The number of unbranched alkanes of at least 4 members (excludes halogenated alkanes) is 1. The first-order chi connectivity index (χ1) is 8.51. The fourth-order valence-corrected chi connectivity index (χ4v) is 2.38. The normalized spacial score (nSPS) is 23.2. The first-order valence-corrected chi connectivity index (χ1v) is 6.77. The van der Waals surface area contributed by atoms with Gasteiger partial charge in [-0.25, -0.2) is 4.79 Å². The van der Waals surface area contributed by atoms with Crippen molar-refractivity contribution in [3.63, 3.8) is 0 Å². The van der Waals surface area contributed by atoms with E-state index < -0.39 is 11.9 Å². The number of hydrogen-bond donors (Lipinski definition) is 1. The van der Waals surface area contributed by atoms with E-state index in [4.69, 9.17) is 5.11 Å². The van der Waals surface area contributed by atoms with Crippen molar-refractivity contribution < 1.29 is 14.7 Å². The lowest BCUT2D eigenvalue weighted by Gasteiger charge is -2.27. The fourth-order valence-electron chi connectivity index (χ4n) is 2.38. The Bertz CT molecular complexity index is 307. The van der Waals surface area contributed by atoms with Gasteiger partial charge in [0.2, 0.25) is 0 Å². The molecule has 0 aliphatic carbocycles. The highest BCUT2D eigenvalue weighted by Crippen LogP contribution is 2.24. The molecule has 0 saturated carbocycles. The van der Waals surface area contributed by atoms with Crippen LogP contribution >= 0.6 is 0 Å². The summed E-state index contributed by atoms with van der Waals surface area (Å²) in [7, 11) is 0. The summed E-state index contributed by atoms with van der Waals surface area (Å²) in [5.74, 6) is -1.18. The third kappa shape index (κ3) is 3.37. The highest BCUT2D eigenvalue weighted by Gasteiger charge is 2.37. The molecule has 5 nitrogen and oxygen atoms in total. The van der Waals surface area contributed by atoms with E-state index >= 15 is 0 Å². The van der Waals surface area contributed by atoms with Crippen LogP contribution < -0.4 is 0 Å². The van der Waals surface area contributed by atoms with E-state index in [1.807, 2.05) is 13.8 Å². The van der Waals surface area contributed by atoms with Crippen molar-refractivity contribution >= 4 is 12.0 Å². The maximum atomic E-state index is 12.3. The third-order valence-electron chi connectivity index (χ3n) is 3.63. The van der Waals surface area contributed by atoms with Crippen molar-refractivity contribution in [2.75, 3.05) is 26.2 Å². The number of carboxylic acid groups (broad SMARTS) is 1. The lowest BCUT2D eigenvalue weighted by molar-refractivity contribution is -0.142. The number of hydrogen-bond acceptors (Lipinski definition) is 2. The number of carbonyl (C=O) groups excluding carboxylic acids is 1. The summed E-state index contributed by atoms with van der Waals surface area (Å²) in [6.45, 7) is 8.29. The van der Waals surface area contributed by atoms with Gasteiger partial charge in [0.05, 0.1) is 5.92 Å². The molecule has 1 heterocycles. The summed E-state index contributed by atoms with van der Waals surface area (Å²) < 4.78 is 0. The van der Waals surface area contributed by atoms with Gasteiger partial charge in [-0.05, 0) is 19.3 Å². The van der Waals surface area contributed by atoms with E-state index in [2.05, 4.69) is 6.92 Å². The molecule has 5 heteroatoms. The molecule has 1 N–H and O–H groups in total. The Labute approximate surface area is 109 Å². The Kier molecular flexibility index (Phi) is 5.44. The maximum Gasteiger partial charge on any atom is 0.320 e. The van der Waals surface area contributed by atoms with Crippen LogP contribution in [0.4, 0.5) is 4.79 Å². The average Bonchev–Trinajstić information content (AvgIpc) is 2.72. The lowest BCUT2D eigenvalue weighted by Crippen LogP contribution is -2.42. The molecular formula is C13H24N2O3. The molecule has 2 amide bonds. The monoisotopic (exact) mass is 256 g/mol. The Morgan fingerprint density at radius 3 is 2.44 bits per heavy atom. The van der Waals surface area contributed by atoms with Crippen LogP contribution in [0, 0.1) is 11.8 Å². The van der Waals surface area contributed by atoms with Gasteiger partial charge in [0.15, 0.2) is 0 Å². The molecule has 0 aromatic heterocycles. The topological polar surface area (TPSA) is 60.9 Å². The summed E-state index contributed by atoms with van der Waals surface area (Å²) in [6, 6.07) is -0.0125. The van der Waals surface area contributed by atoms with E-state index in [9.17, 15) is 9.59 Å². The molecule has 0 spiro atoms.